The molecule has 160 valence electrons. The second kappa shape index (κ2) is 9.69. The number of hydrogen-bond acceptors (Lipinski definition) is 5. The van der Waals surface area contributed by atoms with Crippen molar-refractivity contribution in [2.75, 3.05) is 32.8 Å². The molecule has 0 atom stereocenters. The molecule has 1 saturated heterocycles. The lowest BCUT2D eigenvalue weighted by Crippen LogP contribution is -2.40. The fourth-order valence-corrected chi connectivity index (χ4v) is 5.13. The van der Waals surface area contributed by atoms with E-state index in [4.69, 9.17) is 4.74 Å². The van der Waals surface area contributed by atoms with Crippen molar-refractivity contribution >= 4 is 21.8 Å². The van der Waals surface area contributed by atoms with Crippen LogP contribution in [-0.2, 0) is 19.6 Å². The highest BCUT2D eigenvalue weighted by molar-refractivity contribution is 7.89. The van der Waals surface area contributed by atoms with Gasteiger partial charge in [-0.15, -0.1) is 0 Å². The fraction of sp³-hybridized carbons (Fsp3) is 0.600. The maximum Gasteiger partial charge on any atom is 0.251 e. The van der Waals surface area contributed by atoms with Crippen LogP contribution in [0.2, 0.25) is 0 Å². The monoisotopic (exact) mass is 423 g/mol. The van der Waals surface area contributed by atoms with Crippen molar-refractivity contribution in [3.63, 3.8) is 0 Å². The maximum absolute atomic E-state index is 12.8. The molecular weight excluding hydrogens is 394 g/mol. The van der Waals surface area contributed by atoms with E-state index in [9.17, 15) is 18.0 Å². The van der Waals surface area contributed by atoms with Gasteiger partial charge in [0.2, 0.25) is 15.9 Å². The van der Waals surface area contributed by atoms with Gasteiger partial charge in [-0.25, -0.2) is 8.42 Å². The van der Waals surface area contributed by atoms with Gasteiger partial charge in [0.15, 0.2) is 0 Å². The summed E-state index contributed by atoms with van der Waals surface area (Å²) in [7, 11) is -3.67. The molecule has 2 N–H and O–H groups in total. The van der Waals surface area contributed by atoms with Gasteiger partial charge < -0.3 is 15.4 Å². The normalized spacial score (nSPS) is 18.5. The molecule has 29 heavy (non-hydrogen) atoms. The molecule has 1 aromatic carbocycles. The second-order valence-corrected chi connectivity index (χ2v) is 9.49. The Morgan fingerprint density at radius 1 is 1.17 bits per heavy atom. The molecule has 1 saturated carbocycles. The first-order valence-corrected chi connectivity index (χ1v) is 11.6. The van der Waals surface area contributed by atoms with Crippen LogP contribution >= 0.6 is 0 Å². The largest absolute Gasteiger partial charge is 0.379 e. The third-order valence-electron chi connectivity index (χ3n) is 5.42. The number of sulfonamides is 1. The number of nitrogens with one attached hydrogen (secondary N) is 2. The van der Waals surface area contributed by atoms with Crippen molar-refractivity contribution in [3.05, 3.63) is 29.3 Å². The van der Waals surface area contributed by atoms with Crippen LogP contribution in [0.4, 0.5) is 0 Å². The Bertz CT molecular complexity index is 844. The van der Waals surface area contributed by atoms with Gasteiger partial charge >= 0.3 is 0 Å². The minimum Gasteiger partial charge on any atom is -0.379 e. The Morgan fingerprint density at radius 3 is 2.55 bits per heavy atom. The average molecular weight is 424 g/mol. The van der Waals surface area contributed by atoms with Gasteiger partial charge in [-0.2, -0.15) is 4.31 Å². The van der Waals surface area contributed by atoms with Crippen molar-refractivity contribution < 1.29 is 22.7 Å². The zero-order valence-electron chi connectivity index (χ0n) is 16.8. The smallest absolute Gasteiger partial charge is 0.251 e. The van der Waals surface area contributed by atoms with Gasteiger partial charge in [-0.1, -0.05) is 18.9 Å². The molecule has 8 nitrogen and oxygen atoms in total. The van der Waals surface area contributed by atoms with Crippen LogP contribution in [0.5, 0.6) is 0 Å². The summed E-state index contributed by atoms with van der Waals surface area (Å²) in [5, 5.41) is 5.71. The van der Waals surface area contributed by atoms with E-state index in [-0.39, 0.29) is 35.7 Å². The topological polar surface area (TPSA) is 105 Å². The lowest BCUT2D eigenvalue weighted by atomic mass is 10.1. The van der Waals surface area contributed by atoms with Gasteiger partial charge in [0.25, 0.3) is 5.91 Å². The summed E-state index contributed by atoms with van der Waals surface area (Å²) in [4.78, 5) is 24.7. The van der Waals surface area contributed by atoms with E-state index < -0.39 is 10.0 Å². The minimum atomic E-state index is -3.67. The van der Waals surface area contributed by atoms with E-state index in [0.717, 1.165) is 25.7 Å². The van der Waals surface area contributed by atoms with Crippen molar-refractivity contribution in [1.29, 1.82) is 0 Å². The van der Waals surface area contributed by atoms with Crippen molar-refractivity contribution in [1.82, 2.24) is 14.9 Å². The zero-order valence-corrected chi connectivity index (χ0v) is 17.6. The van der Waals surface area contributed by atoms with E-state index in [0.29, 0.717) is 37.4 Å². The number of ether oxygens (including phenoxy) is 1. The Hall–Kier alpha value is -1.97. The first-order valence-electron chi connectivity index (χ1n) is 10.1. The summed E-state index contributed by atoms with van der Waals surface area (Å²) in [6.45, 7) is 3.29. The minimum absolute atomic E-state index is 0.0717. The number of rotatable bonds is 7. The van der Waals surface area contributed by atoms with Gasteiger partial charge in [0.1, 0.15) is 0 Å². The molecule has 0 aromatic heterocycles. The number of hydrogen-bond donors (Lipinski definition) is 2. The summed E-state index contributed by atoms with van der Waals surface area (Å²) >= 11 is 0. The SMILES string of the molecule is Cc1ccc(S(=O)(=O)N2CCOCC2)cc1C(=O)NCCC(=O)NC1CCCC1. The summed E-state index contributed by atoms with van der Waals surface area (Å²) < 4.78 is 32.2. The van der Waals surface area contributed by atoms with Crippen molar-refractivity contribution in [2.24, 2.45) is 0 Å². The molecule has 1 aliphatic heterocycles. The third kappa shape index (κ3) is 5.55. The molecule has 1 aromatic rings. The van der Waals surface area contributed by atoms with Gasteiger partial charge in [-0.05, 0) is 37.5 Å². The Labute approximate surface area is 172 Å². The predicted octanol–water partition coefficient (Wildman–Crippen LogP) is 1.19. The molecule has 1 aliphatic carbocycles. The van der Waals surface area contributed by atoms with Crippen LogP contribution < -0.4 is 10.6 Å². The van der Waals surface area contributed by atoms with Crippen LogP contribution in [0.3, 0.4) is 0 Å². The van der Waals surface area contributed by atoms with Crippen molar-refractivity contribution in [2.45, 2.75) is 50.0 Å². The summed E-state index contributed by atoms with van der Waals surface area (Å²) in [5.74, 6) is -0.451. The molecule has 3 rings (SSSR count). The highest BCUT2D eigenvalue weighted by atomic mass is 32.2. The number of benzene rings is 1. The lowest BCUT2D eigenvalue weighted by Gasteiger charge is -2.26. The molecule has 1 heterocycles. The van der Waals surface area contributed by atoms with Crippen LogP contribution in [0.25, 0.3) is 0 Å². The quantitative estimate of drug-likeness (QED) is 0.686. The zero-order chi connectivity index (χ0) is 20.9. The Morgan fingerprint density at radius 2 is 1.86 bits per heavy atom. The first kappa shape index (κ1) is 21.7. The van der Waals surface area contributed by atoms with E-state index in [2.05, 4.69) is 10.6 Å². The molecular formula is C20H29N3O5S. The average Bonchev–Trinajstić information content (AvgIpc) is 3.21. The number of carbonyl (C=O) groups is 2. The second-order valence-electron chi connectivity index (χ2n) is 7.55. The highest BCUT2D eigenvalue weighted by Gasteiger charge is 2.27. The van der Waals surface area contributed by atoms with Crippen LogP contribution in [-0.4, -0.2) is 63.4 Å². The van der Waals surface area contributed by atoms with Gasteiger partial charge in [-0.3, -0.25) is 9.59 Å². The van der Waals surface area contributed by atoms with Crippen molar-refractivity contribution in [3.8, 4) is 0 Å². The molecule has 2 fully saturated rings. The fourth-order valence-electron chi connectivity index (χ4n) is 3.70. The lowest BCUT2D eigenvalue weighted by molar-refractivity contribution is -0.121. The molecule has 2 amide bonds. The van der Waals surface area contributed by atoms with E-state index in [1.807, 2.05) is 0 Å². The van der Waals surface area contributed by atoms with E-state index >= 15 is 0 Å². The molecule has 0 radical (unpaired) electrons. The summed E-state index contributed by atoms with van der Waals surface area (Å²) in [6.07, 6.45) is 4.52. The highest BCUT2D eigenvalue weighted by Crippen LogP contribution is 2.21. The van der Waals surface area contributed by atoms with Gasteiger partial charge in [0, 0.05) is 37.7 Å². The summed E-state index contributed by atoms with van der Waals surface area (Å²) in [5.41, 5.74) is 0.981. The van der Waals surface area contributed by atoms with Crippen LogP contribution in [0, 0.1) is 6.92 Å². The number of carbonyl (C=O) groups excluding carboxylic acids is 2. The van der Waals surface area contributed by atoms with Crippen LogP contribution in [0.15, 0.2) is 23.1 Å². The first-order chi connectivity index (χ1) is 13.9. The van der Waals surface area contributed by atoms with Crippen LogP contribution in [0.1, 0.15) is 48.0 Å². The standard InChI is InChI=1S/C20H29N3O5S/c1-15-6-7-17(29(26,27)23-10-12-28-13-11-23)14-18(15)20(25)21-9-8-19(24)22-16-4-2-3-5-16/h6-7,14,16H,2-5,8-13H2,1H3,(H,21,25)(H,22,24). The van der Waals surface area contributed by atoms with E-state index in [1.165, 1.54) is 16.4 Å². The van der Waals surface area contributed by atoms with E-state index in [1.54, 1.807) is 13.0 Å². The predicted molar refractivity (Wildman–Crippen MR) is 108 cm³/mol. The summed E-state index contributed by atoms with van der Waals surface area (Å²) in [6, 6.07) is 4.82. The number of amides is 2. The Balaban J connectivity index is 1.59. The molecule has 9 heteroatoms. The number of aryl methyl sites for hydroxylation is 1. The van der Waals surface area contributed by atoms with Gasteiger partial charge in [0.05, 0.1) is 18.1 Å². The molecule has 0 spiro atoms. The Kier molecular flexibility index (Phi) is 7.26. The molecule has 2 aliphatic rings. The maximum atomic E-state index is 12.8. The third-order valence-corrected chi connectivity index (χ3v) is 7.31. The number of nitrogens with zero attached hydrogens (tertiary/aromatic N) is 1. The molecule has 0 bridgehead atoms. The number of morpholine rings is 1. The molecule has 0 unspecified atom stereocenters.